The highest BCUT2D eigenvalue weighted by atomic mass is 32.2. The van der Waals surface area contributed by atoms with Crippen LogP contribution < -0.4 is 10.6 Å². The number of sulfone groups is 1. The number of anilines is 1. The van der Waals surface area contributed by atoms with Gasteiger partial charge in [0, 0.05) is 30.7 Å². The summed E-state index contributed by atoms with van der Waals surface area (Å²) in [5, 5.41) is 6.35. The molecule has 0 atom stereocenters. The summed E-state index contributed by atoms with van der Waals surface area (Å²) in [6.45, 7) is 2.64. The van der Waals surface area contributed by atoms with E-state index in [1.54, 1.807) is 14.0 Å². The Morgan fingerprint density at radius 1 is 1.10 bits per heavy atom. The lowest BCUT2D eigenvalue weighted by atomic mass is 9.95. The summed E-state index contributed by atoms with van der Waals surface area (Å²) in [5.74, 6) is -0.551. The second-order valence-electron chi connectivity index (χ2n) is 7.40. The normalized spacial score (nSPS) is 13.5. The smallest absolute Gasteiger partial charge is 0.256 e. The number of amides is 2. The predicted molar refractivity (Wildman–Crippen MR) is 122 cm³/mol. The van der Waals surface area contributed by atoms with E-state index in [-0.39, 0.29) is 22.5 Å². The fourth-order valence-corrected chi connectivity index (χ4v) is 5.72. The summed E-state index contributed by atoms with van der Waals surface area (Å²) < 4.78 is 29.0. The number of fused-ring (bicyclic) bond motifs is 1. The van der Waals surface area contributed by atoms with Gasteiger partial charge in [0.25, 0.3) is 11.8 Å². The van der Waals surface area contributed by atoms with Crippen LogP contribution in [0.1, 0.15) is 57.3 Å². The summed E-state index contributed by atoms with van der Waals surface area (Å²) in [5.41, 5.74) is 1.92. The molecule has 2 amide bonds. The number of thiophene rings is 1. The number of hydrogen-bond donors (Lipinski definition) is 2. The van der Waals surface area contributed by atoms with Gasteiger partial charge in [-0.2, -0.15) is 0 Å². The van der Waals surface area contributed by atoms with Crippen molar-refractivity contribution in [2.45, 2.75) is 43.9 Å². The Hall–Kier alpha value is -2.23. The molecule has 0 saturated heterocycles. The highest BCUT2D eigenvalue weighted by molar-refractivity contribution is 7.91. The van der Waals surface area contributed by atoms with Crippen molar-refractivity contribution in [3.05, 3.63) is 45.8 Å². The molecule has 2 aromatic rings. The molecule has 0 saturated carbocycles. The van der Waals surface area contributed by atoms with Crippen LogP contribution in [0.25, 0.3) is 0 Å². The van der Waals surface area contributed by atoms with E-state index in [0.717, 1.165) is 36.1 Å². The Morgan fingerprint density at radius 2 is 1.81 bits per heavy atom. The van der Waals surface area contributed by atoms with Crippen LogP contribution in [0.3, 0.4) is 0 Å². The number of hydrogen-bond acceptors (Lipinski definition) is 6. The van der Waals surface area contributed by atoms with E-state index in [9.17, 15) is 18.0 Å². The molecule has 1 aromatic carbocycles. The summed E-state index contributed by atoms with van der Waals surface area (Å²) in [4.78, 5) is 27.1. The zero-order chi connectivity index (χ0) is 22.4. The fourth-order valence-electron chi connectivity index (χ4n) is 3.56. The molecule has 1 aromatic heterocycles. The average molecular weight is 465 g/mol. The lowest BCUT2D eigenvalue weighted by Crippen LogP contribution is -2.27. The Balaban J connectivity index is 1.81. The number of aryl methyl sites for hydroxylation is 1. The largest absolute Gasteiger partial charge is 0.385 e. The Labute approximate surface area is 187 Å². The number of ether oxygens (including phenoxy) is 1. The number of carbonyl (C=O) groups excluding carboxylic acids is 2. The van der Waals surface area contributed by atoms with Crippen LogP contribution >= 0.6 is 11.3 Å². The van der Waals surface area contributed by atoms with Crippen LogP contribution in [0.4, 0.5) is 5.00 Å². The van der Waals surface area contributed by atoms with Gasteiger partial charge in [-0.25, -0.2) is 8.42 Å². The second-order valence-corrected chi connectivity index (χ2v) is 10.8. The molecule has 1 aliphatic carbocycles. The van der Waals surface area contributed by atoms with Crippen LogP contribution in [-0.4, -0.2) is 46.2 Å². The van der Waals surface area contributed by atoms with Crippen LogP contribution in [-0.2, 0) is 27.4 Å². The molecule has 0 fully saturated rings. The number of carbonyl (C=O) groups is 2. The third kappa shape index (κ3) is 5.53. The fraction of sp³-hybridized carbons (Fsp3) is 0.455. The molecule has 168 valence electrons. The molecule has 0 radical (unpaired) electrons. The van der Waals surface area contributed by atoms with Crippen LogP contribution in [0.5, 0.6) is 0 Å². The summed E-state index contributed by atoms with van der Waals surface area (Å²) in [6.07, 6.45) is 4.54. The van der Waals surface area contributed by atoms with Crippen molar-refractivity contribution in [3.8, 4) is 0 Å². The Morgan fingerprint density at radius 3 is 2.48 bits per heavy atom. The second kappa shape index (κ2) is 10.4. The standard InChI is InChI=1S/C22H28N2O5S2/c1-3-31(27,28)16-11-9-15(10-12-16)20(25)24-22-19(21(26)23-13-6-14-29-2)17-7-4-5-8-18(17)30-22/h9-12H,3-8,13-14H2,1-2H3,(H,23,26)(H,24,25). The minimum Gasteiger partial charge on any atom is -0.385 e. The van der Waals surface area contributed by atoms with E-state index in [1.165, 1.54) is 35.6 Å². The van der Waals surface area contributed by atoms with E-state index in [4.69, 9.17) is 4.74 Å². The minimum absolute atomic E-state index is 0.00213. The van der Waals surface area contributed by atoms with Crippen molar-refractivity contribution in [2.75, 3.05) is 31.3 Å². The lowest BCUT2D eigenvalue weighted by Gasteiger charge is -2.13. The van der Waals surface area contributed by atoms with E-state index in [2.05, 4.69) is 10.6 Å². The van der Waals surface area contributed by atoms with Crippen molar-refractivity contribution < 1.29 is 22.7 Å². The number of rotatable bonds is 9. The third-order valence-electron chi connectivity index (χ3n) is 5.29. The topological polar surface area (TPSA) is 102 Å². The van der Waals surface area contributed by atoms with E-state index < -0.39 is 9.84 Å². The van der Waals surface area contributed by atoms with Crippen molar-refractivity contribution >= 4 is 38.0 Å². The van der Waals surface area contributed by atoms with Crippen LogP contribution in [0, 0.1) is 0 Å². The van der Waals surface area contributed by atoms with Gasteiger partial charge < -0.3 is 15.4 Å². The van der Waals surface area contributed by atoms with Crippen molar-refractivity contribution in [1.29, 1.82) is 0 Å². The van der Waals surface area contributed by atoms with Gasteiger partial charge in [0.15, 0.2) is 9.84 Å². The van der Waals surface area contributed by atoms with Gasteiger partial charge in [-0.15, -0.1) is 11.3 Å². The van der Waals surface area contributed by atoms with Gasteiger partial charge in [0.05, 0.1) is 16.2 Å². The first-order valence-corrected chi connectivity index (χ1v) is 12.9. The molecule has 0 unspecified atom stereocenters. The van der Waals surface area contributed by atoms with Gasteiger partial charge >= 0.3 is 0 Å². The maximum atomic E-state index is 12.9. The molecular formula is C22H28N2O5S2. The average Bonchev–Trinajstić information content (AvgIpc) is 3.14. The van der Waals surface area contributed by atoms with Gasteiger partial charge in [0.1, 0.15) is 5.00 Å². The van der Waals surface area contributed by atoms with Crippen LogP contribution in [0.2, 0.25) is 0 Å². The minimum atomic E-state index is -3.32. The van der Waals surface area contributed by atoms with Gasteiger partial charge in [-0.3, -0.25) is 9.59 Å². The SMILES string of the molecule is CCS(=O)(=O)c1ccc(C(=O)Nc2sc3c(c2C(=O)NCCCOC)CCCC3)cc1. The predicted octanol–water partition coefficient (Wildman–Crippen LogP) is 3.44. The van der Waals surface area contributed by atoms with Crippen LogP contribution in [0.15, 0.2) is 29.2 Å². The van der Waals surface area contributed by atoms with E-state index >= 15 is 0 Å². The van der Waals surface area contributed by atoms with E-state index in [1.807, 2.05) is 0 Å². The zero-order valence-corrected chi connectivity index (χ0v) is 19.5. The number of nitrogens with one attached hydrogen (secondary N) is 2. The molecule has 0 spiro atoms. The van der Waals surface area contributed by atoms with Crippen molar-refractivity contribution in [2.24, 2.45) is 0 Å². The Kier molecular flexibility index (Phi) is 7.85. The van der Waals surface area contributed by atoms with Gasteiger partial charge in [-0.1, -0.05) is 6.92 Å². The van der Waals surface area contributed by atoms with E-state index in [0.29, 0.717) is 35.7 Å². The quantitative estimate of drug-likeness (QED) is 0.554. The molecule has 0 aliphatic heterocycles. The zero-order valence-electron chi connectivity index (χ0n) is 17.8. The molecule has 1 aliphatic rings. The monoisotopic (exact) mass is 464 g/mol. The van der Waals surface area contributed by atoms with Crippen molar-refractivity contribution in [3.63, 3.8) is 0 Å². The molecule has 31 heavy (non-hydrogen) atoms. The summed E-state index contributed by atoms with van der Waals surface area (Å²) in [7, 11) is -1.70. The molecular weight excluding hydrogens is 436 g/mol. The molecule has 9 heteroatoms. The first kappa shape index (κ1) is 23.4. The highest BCUT2D eigenvalue weighted by Crippen LogP contribution is 2.38. The maximum Gasteiger partial charge on any atom is 0.256 e. The highest BCUT2D eigenvalue weighted by Gasteiger charge is 2.26. The van der Waals surface area contributed by atoms with Gasteiger partial charge in [0.2, 0.25) is 0 Å². The number of benzene rings is 1. The Bertz CT molecular complexity index is 1040. The van der Waals surface area contributed by atoms with Gasteiger partial charge in [-0.05, 0) is 61.9 Å². The summed E-state index contributed by atoms with van der Waals surface area (Å²) >= 11 is 1.45. The molecule has 0 bridgehead atoms. The first-order chi connectivity index (χ1) is 14.9. The maximum absolute atomic E-state index is 12.9. The van der Waals surface area contributed by atoms with Crippen molar-refractivity contribution in [1.82, 2.24) is 5.32 Å². The molecule has 2 N–H and O–H groups in total. The lowest BCUT2D eigenvalue weighted by molar-refractivity contribution is 0.0948. The molecule has 7 nitrogen and oxygen atoms in total. The summed E-state index contributed by atoms with van der Waals surface area (Å²) in [6, 6.07) is 5.87. The molecule has 1 heterocycles. The molecule has 3 rings (SSSR count). The third-order valence-corrected chi connectivity index (χ3v) is 8.25. The first-order valence-electron chi connectivity index (χ1n) is 10.4. The number of methoxy groups -OCH3 is 1.